The molecule has 6 nitrogen and oxygen atoms in total. The summed E-state index contributed by atoms with van der Waals surface area (Å²) in [6.45, 7) is 2.55. The number of rotatable bonds is 3. The minimum absolute atomic E-state index is 0.00797. The van der Waals surface area contributed by atoms with Crippen LogP contribution in [0.4, 0.5) is 5.13 Å². The van der Waals surface area contributed by atoms with Crippen molar-refractivity contribution >= 4 is 45.3 Å². The molecule has 1 fully saturated rings. The number of aromatic nitrogens is 3. The first kappa shape index (κ1) is 13.9. The highest BCUT2D eigenvalue weighted by atomic mass is 35.5. The van der Waals surface area contributed by atoms with Gasteiger partial charge in [0.1, 0.15) is 16.8 Å². The van der Waals surface area contributed by atoms with Gasteiger partial charge in [0.25, 0.3) is 5.91 Å². The molecule has 9 heteroatoms. The summed E-state index contributed by atoms with van der Waals surface area (Å²) >= 11 is 8.39. The lowest BCUT2D eigenvalue weighted by molar-refractivity contribution is 0.102. The summed E-state index contributed by atoms with van der Waals surface area (Å²) in [5.74, 6) is -0.319. The van der Waals surface area contributed by atoms with Gasteiger partial charge in [0.2, 0.25) is 5.13 Å². The molecule has 0 radical (unpaired) electrons. The van der Waals surface area contributed by atoms with Crippen LogP contribution in [0.25, 0.3) is 0 Å². The van der Waals surface area contributed by atoms with Crippen molar-refractivity contribution in [3.8, 4) is 0 Å². The van der Waals surface area contributed by atoms with Gasteiger partial charge < -0.3 is 4.74 Å². The van der Waals surface area contributed by atoms with Gasteiger partial charge in [0, 0.05) is 11.5 Å². The molecule has 3 heterocycles. The van der Waals surface area contributed by atoms with Gasteiger partial charge in [-0.1, -0.05) is 22.9 Å². The van der Waals surface area contributed by atoms with E-state index in [-0.39, 0.29) is 12.0 Å². The molecule has 1 aliphatic heterocycles. The smallest absolute Gasteiger partial charge is 0.277 e. The van der Waals surface area contributed by atoms with Gasteiger partial charge >= 0.3 is 0 Å². The molecule has 0 unspecified atom stereocenters. The van der Waals surface area contributed by atoms with Crippen LogP contribution >= 0.6 is 34.3 Å². The molecule has 1 amide bonds. The van der Waals surface area contributed by atoms with E-state index < -0.39 is 0 Å². The van der Waals surface area contributed by atoms with Gasteiger partial charge in [0.15, 0.2) is 4.47 Å². The average Bonchev–Trinajstić information content (AvgIpc) is 3.09. The first-order chi connectivity index (χ1) is 9.63. The van der Waals surface area contributed by atoms with Crippen LogP contribution in [-0.4, -0.2) is 27.7 Å². The molecule has 2 aromatic rings. The third-order valence-corrected chi connectivity index (χ3v) is 4.86. The molecule has 0 spiro atoms. The summed E-state index contributed by atoms with van der Waals surface area (Å²) in [7, 11) is 0. The number of carbonyl (C=O) groups is 1. The van der Waals surface area contributed by atoms with Gasteiger partial charge in [-0.3, -0.25) is 10.1 Å². The zero-order valence-electron chi connectivity index (χ0n) is 10.6. The van der Waals surface area contributed by atoms with Crippen LogP contribution in [0.1, 0.15) is 39.3 Å². The molecule has 20 heavy (non-hydrogen) atoms. The number of ether oxygens (including phenoxy) is 1. The number of carbonyl (C=O) groups excluding carboxylic acids is 1. The number of thiazole rings is 1. The maximum absolute atomic E-state index is 12.1. The molecule has 0 bridgehead atoms. The molecule has 2 aromatic heterocycles. The van der Waals surface area contributed by atoms with Gasteiger partial charge in [-0.05, 0) is 19.8 Å². The van der Waals surface area contributed by atoms with Crippen molar-refractivity contribution in [2.24, 2.45) is 0 Å². The highest BCUT2D eigenvalue weighted by Gasteiger charge is 2.23. The first-order valence-corrected chi connectivity index (χ1v) is 8.04. The topological polar surface area (TPSA) is 77.0 Å². The third-order valence-electron chi connectivity index (χ3n) is 2.85. The predicted molar refractivity (Wildman–Crippen MR) is 77.7 cm³/mol. The summed E-state index contributed by atoms with van der Waals surface area (Å²) < 4.78 is 5.88. The Morgan fingerprint density at radius 2 is 2.30 bits per heavy atom. The Bertz CT molecular complexity index is 636. The maximum atomic E-state index is 12.1. The van der Waals surface area contributed by atoms with E-state index in [9.17, 15) is 4.79 Å². The van der Waals surface area contributed by atoms with Crippen LogP contribution in [0, 0.1) is 6.92 Å². The fourth-order valence-electron chi connectivity index (χ4n) is 1.92. The van der Waals surface area contributed by atoms with Crippen LogP contribution in [0.2, 0.25) is 4.47 Å². The summed E-state index contributed by atoms with van der Waals surface area (Å²) in [6, 6.07) is 0. The molecule has 106 valence electrons. The lowest BCUT2D eigenvalue weighted by atomic mass is 10.2. The number of nitrogens with one attached hydrogen (secondary N) is 1. The fourth-order valence-corrected chi connectivity index (χ4v) is 3.80. The molecular weight excluding hydrogens is 320 g/mol. The first-order valence-electron chi connectivity index (χ1n) is 6.03. The predicted octanol–water partition coefficient (Wildman–Crippen LogP) is 3.06. The van der Waals surface area contributed by atoms with Crippen LogP contribution < -0.4 is 5.32 Å². The monoisotopic (exact) mass is 330 g/mol. The lowest BCUT2D eigenvalue weighted by Gasteiger charge is -2.02. The van der Waals surface area contributed by atoms with Crippen molar-refractivity contribution in [3.63, 3.8) is 0 Å². The van der Waals surface area contributed by atoms with Crippen LogP contribution in [-0.2, 0) is 4.74 Å². The van der Waals surface area contributed by atoms with Crippen LogP contribution in [0.15, 0.2) is 0 Å². The minimum atomic E-state index is -0.319. The third kappa shape index (κ3) is 2.83. The summed E-state index contributed by atoms with van der Waals surface area (Å²) in [5.41, 5.74) is 0.328. The normalized spacial score (nSPS) is 18.4. The summed E-state index contributed by atoms with van der Waals surface area (Å²) in [5, 5.41) is 12.0. The molecule has 1 saturated heterocycles. The van der Waals surface area contributed by atoms with Crippen molar-refractivity contribution in [3.05, 3.63) is 20.0 Å². The SMILES string of the molecule is Cc1sc(Cl)nc1C(=O)Nc1nnc([C@@H]2CCCO2)s1. The van der Waals surface area contributed by atoms with Gasteiger partial charge in [-0.2, -0.15) is 0 Å². The molecular formula is C11H11ClN4O2S2. The van der Waals surface area contributed by atoms with E-state index in [1.54, 1.807) is 6.92 Å². The number of hydrogen-bond donors (Lipinski definition) is 1. The Labute approximate surface area is 128 Å². The van der Waals surface area contributed by atoms with Crippen molar-refractivity contribution in [1.82, 2.24) is 15.2 Å². The number of halogens is 1. The van der Waals surface area contributed by atoms with Crippen LogP contribution in [0.5, 0.6) is 0 Å². The highest BCUT2D eigenvalue weighted by molar-refractivity contribution is 7.16. The number of hydrogen-bond acceptors (Lipinski definition) is 7. The quantitative estimate of drug-likeness (QED) is 0.935. The molecule has 3 rings (SSSR count). The number of amides is 1. The fraction of sp³-hybridized carbons (Fsp3) is 0.455. The summed E-state index contributed by atoms with van der Waals surface area (Å²) in [4.78, 5) is 16.8. The molecule has 1 atom stereocenters. The van der Waals surface area contributed by atoms with E-state index in [0.717, 1.165) is 29.3 Å². The van der Waals surface area contributed by atoms with E-state index in [1.165, 1.54) is 22.7 Å². The average molecular weight is 331 g/mol. The molecule has 0 aromatic carbocycles. The minimum Gasteiger partial charge on any atom is -0.371 e. The largest absolute Gasteiger partial charge is 0.371 e. The van der Waals surface area contributed by atoms with E-state index in [4.69, 9.17) is 16.3 Å². The van der Waals surface area contributed by atoms with E-state index in [2.05, 4.69) is 20.5 Å². The number of anilines is 1. The van der Waals surface area contributed by atoms with Crippen molar-refractivity contribution < 1.29 is 9.53 Å². The van der Waals surface area contributed by atoms with Crippen molar-refractivity contribution in [2.75, 3.05) is 11.9 Å². The standard InChI is InChI=1S/C11H11ClN4O2S2/c1-5-7(13-10(12)19-5)8(17)14-11-16-15-9(20-11)6-3-2-4-18-6/h6H,2-4H2,1H3,(H,14,16,17)/t6-/m0/s1. The maximum Gasteiger partial charge on any atom is 0.277 e. The van der Waals surface area contributed by atoms with E-state index in [1.807, 2.05) is 0 Å². The lowest BCUT2D eigenvalue weighted by Crippen LogP contribution is -2.13. The zero-order valence-corrected chi connectivity index (χ0v) is 12.9. The Morgan fingerprint density at radius 3 is 2.95 bits per heavy atom. The molecule has 1 aliphatic rings. The Balaban J connectivity index is 1.71. The van der Waals surface area contributed by atoms with Gasteiger partial charge in [0.05, 0.1) is 0 Å². The van der Waals surface area contributed by atoms with E-state index >= 15 is 0 Å². The van der Waals surface area contributed by atoms with Gasteiger partial charge in [-0.15, -0.1) is 21.5 Å². The van der Waals surface area contributed by atoms with Crippen molar-refractivity contribution in [2.45, 2.75) is 25.9 Å². The van der Waals surface area contributed by atoms with Gasteiger partial charge in [-0.25, -0.2) is 4.98 Å². The molecule has 1 N–H and O–H groups in total. The number of nitrogens with zero attached hydrogens (tertiary/aromatic N) is 3. The highest BCUT2D eigenvalue weighted by Crippen LogP contribution is 2.32. The molecule has 0 saturated carbocycles. The van der Waals surface area contributed by atoms with E-state index in [0.29, 0.717) is 15.3 Å². The number of aryl methyl sites for hydroxylation is 1. The second-order valence-electron chi connectivity index (χ2n) is 4.27. The zero-order chi connectivity index (χ0) is 14.1. The molecule has 0 aliphatic carbocycles. The second kappa shape index (κ2) is 5.72. The Kier molecular flexibility index (Phi) is 3.97. The van der Waals surface area contributed by atoms with Crippen molar-refractivity contribution in [1.29, 1.82) is 0 Å². The Morgan fingerprint density at radius 1 is 1.45 bits per heavy atom. The van der Waals surface area contributed by atoms with Crippen LogP contribution in [0.3, 0.4) is 0 Å². The summed E-state index contributed by atoms with van der Waals surface area (Å²) in [6.07, 6.45) is 1.99. The second-order valence-corrected chi connectivity index (χ2v) is 7.07. The Hall–Kier alpha value is -1.09.